The average molecular weight is 451 g/mol. The molecule has 0 aliphatic rings. The molecule has 0 aliphatic carbocycles. The van der Waals surface area contributed by atoms with Crippen molar-refractivity contribution < 1.29 is 13.2 Å². The lowest BCUT2D eigenvalue weighted by molar-refractivity contribution is 0.102. The first-order valence-corrected chi connectivity index (χ1v) is 11.1. The normalized spacial score (nSPS) is 11.3. The number of hydrogen-bond acceptors (Lipinski definition) is 5. The predicted molar refractivity (Wildman–Crippen MR) is 107 cm³/mol. The Labute approximate surface area is 164 Å². The summed E-state index contributed by atoms with van der Waals surface area (Å²) >= 11 is 4.70. The Morgan fingerprint density at radius 2 is 1.92 bits per heavy atom. The largest absolute Gasteiger partial charge is 0.298 e. The molecule has 0 bridgehead atoms. The average Bonchev–Trinajstić information content (AvgIpc) is 3.11. The maximum Gasteiger partial charge on any atom is 0.257 e. The molecule has 2 aromatic carbocycles. The maximum atomic E-state index is 12.4. The molecule has 0 aliphatic heterocycles. The number of nitrogens with one attached hydrogen (secondary N) is 1. The van der Waals surface area contributed by atoms with E-state index in [1.165, 1.54) is 23.5 Å². The zero-order chi connectivity index (χ0) is 18.7. The fourth-order valence-corrected chi connectivity index (χ4v) is 4.16. The molecule has 0 fully saturated rings. The van der Waals surface area contributed by atoms with Crippen LogP contribution in [-0.4, -0.2) is 25.1 Å². The molecule has 0 saturated carbocycles. The van der Waals surface area contributed by atoms with Crippen molar-refractivity contribution in [3.8, 4) is 11.3 Å². The highest BCUT2D eigenvalue weighted by molar-refractivity contribution is 9.10. The van der Waals surface area contributed by atoms with E-state index in [4.69, 9.17) is 0 Å². The van der Waals surface area contributed by atoms with E-state index in [2.05, 4.69) is 26.2 Å². The topological polar surface area (TPSA) is 76.1 Å². The van der Waals surface area contributed by atoms with Gasteiger partial charge in [-0.25, -0.2) is 13.4 Å². The maximum absolute atomic E-state index is 12.4. The van der Waals surface area contributed by atoms with Gasteiger partial charge in [0.05, 0.1) is 16.3 Å². The van der Waals surface area contributed by atoms with E-state index >= 15 is 0 Å². The first kappa shape index (κ1) is 18.8. The molecular weight excluding hydrogens is 436 g/mol. The van der Waals surface area contributed by atoms with Crippen LogP contribution in [0.5, 0.6) is 0 Å². The van der Waals surface area contributed by atoms with Gasteiger partial charge in [0.2, 0.25) is 0 Å². The number of rotatable bonds is 5. The fraction of sp³-hybridized carbons (Fsp3) is 0.111. The zero-order valence-corrected chi connectivity index (χ0v) is 17.0. The van der Waals surface area contributed by atoms with Crippen molar-refractivity contribution in [2.75, 3.05) is 11.1 Å². The van der Waals surface area contributed by atoms with Crippen LogP contribution in [0.4, 0.5) is 5.13 Å². The van der Waals surface area contributed by atoms with Crippen LogP contribution in [0.1, 0.15) is 17.3 Å². The van der Waals surface area contributed by atoms with Gasteiger partial charge in [-0.15, -0.1) is 11.3 Å². The van der Waals surface area contributed by atoms with E-state index in [1.807, 2.05) is 29.6 Å². The number of carbonyl (C=O) groups is 1. The first-order valence-electron chi connectivity index (χ1n) is 7.74. The number of hydrogen-bond donors (Lipinski definition) is 1. The van der Waals surface area contributed by atoms with Crippen LogP contribution in [0.2, 0.25) is 0 Å². The lowest BCUT2D eigenvalue weighted by Gasteiger charge is -2.05. The standard InChI is InChI=1S/C18H15BrN2O3S2/c1-2-26(23,24)15-5-3-4-13(10-15)17(22)21-18-20-16(11-25-18)12-6-8-14(19)9-7-12/h3-11H,2H2,1H3,(H,20,21,22). The highest BCUT2D eigenvalue weighted by Crippen LogP contribution is 2.26. The predicted octanol–water partition coefficient (Wildman–Crippen LogP) is 4.62. The van der Waals surface area contributed by atoms with Gasteiger partial charge in [-0.3, -0.25) is 10.1 Å². The van der Waals surface area contributed by atoms with Gasteiger partial charge in [-0.2, -0.15) is 0 Å². The molecule has 0 unspecified atom stereocenters. The Hall–Kier alpha value is -2.03. The quantitative estimate of drug-likeness (QED) is 0.614. The van der Waals surface area contributed by atoms with Crippen LogP contribution < -0.4 is 5.32 Å². The third-order valence-corrected chi connectivity index (χ3v) is 6.72. The first-order chi connectivity index (χ1) is 12.4. The summed E-state index contributed by atoms with van der Waals surface area (Å²) in [7, 11) is -3.36. The molecule has 0 saturated heterocycles. The van der Waals surface area contributed by atoms with Crippen molar-refractivity contribution in [2.24, 2.45) is 0 Å². The van der Waals surface area contributed by atoms with Gasteiger partial charge in [-0.05, 0) is 30.3 Å². The minimum absolute atomic E-state index is 0.0128. The molecule has 3 aromatic rings. The molecule has 1 amide bonds. The Morgan fingerprint density at radius 3 is 2.62 bits per heavy atom. The van der Waals surface area contributed by atoms with Crippen LogP contribution >= 0.6 is 27.3 Å². The molecule has 1 aromatic heterocycles. The van der Waals surface area contributed by atoms with Crippen molar-refractivity contribution in [3.05, 3.63) is 63.9 Å². The molecule has 1 heterocycles. The summed E-state index contributed by atoms with van der Waals surface area (Å²) in [5.41, 5.74) is 1.99. The second kappa shape index (κ2) is 7.69. The van der Waals surface area contributed by atoms with Gasteiger partial charge in [0.15, 0.2) is 15.0 Å². The van der Waals surface area contributed by atoms with Crippen molar-refractivity contribution in [3.63, 3.8) is 0 Å². The minimum atomic E-state index is -3.36. The van der Waals surface area contributed by atoms with Crippen LogP contribution in [-0.2, 0) is 9.84 Å². The molecule has 5 nitrogen and oxygen atoms in total. The number of anilines is 1. The summed E-state index contributed by atoms with van der Waals surface area (Å²) in [6.45, 7) is 1.57. The monoisotopic (exact) mass is 450 g/mol. The number of thiazole rings is 1. The zero-order valence-electron chi connectivity index (χ0n) is 13.8. The van der Waals surface area contributed by atoms with Gasteiger partial charge in [-0.1, -0.05) is 41.1 Å². The van der Waals surface area contributed by atoms with Crippen molar-refractivity contribution in [1.29, 1.82) is 0 Å². The van der Waals surface area contributed by atoms with Gasteiger partial charge < -0.3 is 0 Å². The fourth-order valence-electron chi connectivity index (χ4n) is 2.25. The highest BCUT2D eigenvalue weighted by atomic mass is 79.9. The molecule has 26 heavy (non-hydrogen) atoms. The van der Waals surface area contributed by atoms with Crippen molar-refractivity contribution in [2.45, 2.75) is 11.8 Å². The summed E-state index contributed by atoms with van der Waals surface area (Å²) in [4.78, 5) is 17.0. The van der Waals surface area contributed by atoms with Crippen LogP contribution in [0.3, 0.4) is 0 Å². The van der Waals surface area contributed by atoms with Gasteiger partial charge in [0.25, 0.3) is 5.91 Å². The van der Waals surface area contributed by atoms with E-state index in [0.29, 0.717) is 5.13 Å². The second-order valence-electron chi connectivity index (χ2n) is 5.43. The van der Waals surface area contributed by atoms with Crippen LogP contribution in [0.15, 0.2) is 63.3 Å². The Bertz CT molecular complexity index is 1040. The molecule has 0 radical (unpaired) electrons. The summed E-state index contributed by atoms with van der Waals surface area (Å²) in [5, 5.41) is 5.03. The Kier molecular flexibility index (Phi) is 5.55. The third-order valence-electron chi connectivity index (χ3n) is 3.70. The summed E-state index contributed by atoms with van der Waals surface area (Å²) in [5.74, 6) is -0.406. The summed E-state index contributed by atoms with van der Waals surface area (Å²) in [6, 6.07) is 13.7. The molecular formula is C18H15BrN2O3S2. The Balaban J connectivity index is 1.79. The minimum Gasteiger partial charge on any atom is -0.298 e. The number of benzene rings is 2. The lowest BCUT2D eigenvalue weighted by Crippen LogP contribution is -2.13. The third kappa shape index (κ3) is 4.20. The number of carbonyl (C=O) groups excluding carboxylic acids is 1. The SMILES string of the molecule is CCS(=O)(=O)c1cccc(C(=O)Nc2nc(-c3ccc(Br)cc3)cs2)c1. The molecule has 0 spiro atoms. The van der Waals surface area contributed by atoms with E-state index in [-0.39, 0.29) is 16.2 Å². The molecule has 134 valence electrons. The molecule has 0 atom stereocenters. The molecule has 3 rings (SSSR count). The van der Waals surface area contributed by atoms with E-state index in [0.717, 1.165) is 15.7 Å². The summed E-state index contributed by atoms with van der Waals surface area (Å²) < 4.78 is 24.9. The van der Waals surface area contributed by atoms with E-state index in [1.54, 1.807) is 19.1 Å². The van der Waals surface area contributed by atoms with Crippen molar-refractivity contribution >= 4 is 48.1 Å². The number of nitrogens with zero attached hydrogens (tertiary/aromatic N) is 1. The van der Waals surface area contributed by atoms with Crippen LogP contribution in [0.25, 0.3) is 11.3 Å². The van der Waals surface area contributed by atoms with E-state index < -0.39 is 15.7 Å². The number of aromatic nitrogens is 1. The van der Waals surface area contributed by atoms with Gasteiger partial charge in [0, 0.05) is 21.0 Å². The van der Waals surface area contributed by atoms with Gasteiger partial charge in [0.1, 0.15) is 0 Å². The smallest absolute Gasteiger partial charge is 0.257 e. The Morgan fingerprint density at radius 1 is 1.19 bits per heavy atom. The molecule has 1 N–H and O–H groups in total. The van der Waals surface area contributed by atoms with Crippen LogP contribution in [0, 0.1) is 0 Å². The number of sulfone groups is 1. The van der Waals surface area contributed by atoms with Gasteiger partial charge >= 0.3 is 0 Å². The molecule has 8 heteroatoms. The van der Waals surface area contributed by atoms with E-state index in [9.17, 15) is 13.2 Å². The number of amides is 1. The lowest BCUT2D eigenvalue weighted by atomic mass is 10.2. The summed E-state index contributed by atoms with van der Waals surface area (Å²) in [6.07, 6.45) is 0. The highest BCUT2D eigenvalue weighted by Gasteiger charge is 2.15. The number of halogens is 1. The van der Waals surface area contributed by atoms with Crippen molar-refractivity contribution in [1.82, 2.24) is 4.98 Å². The second-order valence-corrected chi connectivity index (χ2v) is 9.48.